The van der Waals surface area contributed by atoms with Gasteiger partial charge in [0.2, 0.25) is 0 Å². The first-order valence-electron chi connectivity index (χ1n) is 6.90. The van der Waals surface area contributed by atoms with Crippen LogP contribution in [0, 0.1) is 0 Å². The van der Waals surface area contributed by atoms with E-state index in [0.29, 0.717) is 0 Å². The molecule has 106 valence electrons. The van der Waals surface area contributed by atoms with Gasteiger partial charge in [-0.15, -0.1) is 0 Å². The SMILES string of the molecule is CC1(C)CN(CCCOc2ccc(N)cc2)CCO1. The van der Waals surface area contributed by atoms with Crippen LogP contribution in [0.2, 0.25) is 0 Å². The Morgan fingerprint density at radius 2 is 2.05 bits per heavy atom. The van der Waals surface area contributed by atoms with E-state index in [1.807, 2.05) is 24.3 Å². The van der Waals surface area contributed by atoms with Crippen LogP contribution in [0.3, 0.4) is 0 Å². The minimum absolute atomic E-state index is 0.0178. The highest BCUT2D eigenvalue weighted by molar-refractivity contribution is 5.41. The molecule has 1 heterocycles. The molecule has 1 saturated heterocycles. The Hall–Kier alpha value is -1.26. The third-order valence-electron chi connectivity index (χ3n) is 3.27. The number of benzene rings is 1. The van der Waals surface area contributed by atoms with E-state index in [1.165, 1.54) is 0 Å². The van der Waals surface area contributed by atoms with Crippen LogP contribution in [0.15, 0.2) is 24.3 Å². The molecule has 0 aliphatic carbocycles. The van der Waals surface area contributed by atoms with Gasteiger partial charge < -0.3 is 15.2 Å². The summed E-state index contributed by atoms with van der Waals surface area (Å²) >= 11 is 0. The third kappa shape index (κ3) is 4.73. The molecule has 0 bridgehead atoms. The number of hydrogen-bond acceptors (Lipinski definition) is 4. The summed E-state index contributed by atoms with van der Waals surface area (Å²) in [5.41, 5.74) is 6.38. The smallest absolute Gasteiger partial charge is 0.119 e. The van der Waals surface area contributed by atoms with E-state index in [-0.39, 0.29) is 5.60 Å². The number of rotatable bonds is 5. The van der Waals surface area contributed by atoms with E-state index in [1.54, 1.807) is 0 Å². The molecule has 0 radical (unpaired) electrons. The molecule has 0 saturated carbocycles. The average Bonchev–Trinajstić information content (AvgIpc) is 2.36. The monoisotopic (exact) mass is 264 g/mol. The molecule has 0 atom stereocenters. The van der Waals surface area contributed by atoms with Gasteiger partial charge in [-0.2, -0.15) is 0 Å². The van der Waals surface area contributed by atoms with Crippen LogP contribution < -0.4 is 10.5 Å². The van der Waals surface area contributed by atoms with Crippen LogP contribution in [0.4, 0.5) is 5.69 Å². The van der Waals surface area contributed by atoms with Crippen LogP contribution in [-0.2, 0) is 4.74 Å². The summed E-state index contributed by atoms with van der Waals surface area (Å²) in [6, 6.07) is 7.54. The van der Waals surface area contributed by atoms with Gasteiger partial charge in [0.25, 0.3) is 0 Å². The first-order valence-corrected chi connectivity index (χ1v) is 6.90. The molecule has 0 aromatic heterocycles. The van der Waals surface area contributed by atoms with Crippen molar-refractivity contribution in [3.63, 3.8) is 0 Å². The van der Waals surface area contributed by atoms with Crippen molar-refractivity contribution in [2.75, 3.05) is 38.6 Å². The second kappa shape index (κ2) is 6.26. The summed E-state index contributed by atoms with van der Waals surface area (Å²) in [7, 11) is 0. The molecule has 1 aliphatic rings. The first kappa shape index (κ1) is 14.2. The molecule has 0 amide bonds. The maximum Gasteiger partial charge on any atom is 0.119 e. The van der Waals surface area contributed by atoms with Gasteiger partial charge in [0.05, 0.1) is 18.8 Å². The quantitative estimate of drug-likeness (QED) is 0.654. The lowest BCUT2D eigenvalue weighted by Crippen LogP contribution is -2.48. The zero-order valence-corrected chi connectivity index (χ0v) is 11.9. The normalized spacial score (nSPS) is 19.3. The largest absolute Gasteiger partial charge is 0.494 e. The van der Waals surface area contributed by atoms with E-state index in [9.17, 15) is 0 Å². The lowest BCUT2D eigenvalue weighted by molar-refractivity contribution is -0.0864. The fourth-order valence-corrected chi connectivity index (χ4v) is 2.35. The Bertz CT molecular complexity index is 390. The summed E-state index contributed by atoms with van der Waals surface area (Å²) in [5.74, 6) is 0.886. The molecule has 0 spiro atoms. The predicted molar refractivity (Wildman–Crippen MR) is 77.4 cm³/mol. The van der Waals surface area contributed by atoms with Gasteiger partial charge in [-0.05, 0) is 44.5 Å². The fraction of sp³-hybridized carbons (Fsp3) is 0.600. The van der Waals surface area contributed by atoms with E-state index in [2.05, 4.69) is 18.7 Å². The van der Waals surface area contributed by atoms with Crippen LogP contribution >= 0.6 is 0 Å². The van der Waals surface area contributed by atoms with Gasteiger partial charge in [-0.3, -0.25) is 4.90 Å². The highest BCUT2D eigenvalue weighted by Crippen LogP contribution is 2.17. The number of morpholine rings is 1. The zero-order chi connectivity index (χ0) is 13.7. The van der Waals surface area contributed by atoms with E-state index >= 15 is 0 Å². The molecule has 4 heteroatoms. The predicted octanol–water partition coefficient (Wildman–Crippen LogP) is 2.15. The van der Waals surface area contributed by atoms with Crippen LogP contribution in [0.25, 0.3) is 0 Å². The first-order chi connectivity index (χ1) is 9.05. The molecule has 4 nitrogen and oxygen atoms in total. The van der Waals surface area contributed by atoms with Gasteiger partial charge in [0.15, 0.2) is 0 Å². The minimum atomic E-state index is -0.0178. The lowest BCUT2D eigenvalue weighted by atomic mass is 10.1. The Balaban J connectivity index is 1.65. The van der Waals surface area contributed by atoms with Gasteiger partial charge in [0, 0.05) is 25.3 Å². The number of hydrogen-bond donors (Lipinski definition) is 1. The van der Waals surface area contributed by atoms with Crippen molar-refractivity contribution in [1.82, 2.24) is 4.90 Å². The maximum absolute atomic E-state index is 5.70. The van der Waals surface area contributed by atoms with Crippen LogP contribution in [-0.4, -0.2) is 43.3 Å². The number of anilines is 1. The Morgan fingerprint density at radius 1 is 1.32 bits per heavy atom. The number of ether oxygens (including phenoxy) is 2. The third-order valence-corrected chi connectivity index (χ3v) is 3.27. The molecule has 1 fully saturated rings. The van der Waals surface area contributed by atoms with Crippen molar-refractivity contribution in [1.29, 1.82) is 0 Å². The standard InChI is InChI=1S/C15H24N2O2/c1-15(2)12-17(9-11-19-15)8-3-10-18-14-6-4-13(16)5-7-14/h4-7H,3,8-12,16H2,1-2H3. The molecule has 2 rings (SSSR count). The van der Waals surface area contributed by atoms with Crippen molar-refractivity contribution in [3.05, 3.63) is 24.3 Å². The van der Waals surface area contributed by atoms with E-state index in [0.717, 1.165) is 50.7 Å². The second-order valence-electron chi connectivity index (χ2n) is 5.66. The van der Waals surface area contributed by atoms with Gasteiger partial charge >= 0.3 is 0 Å². The summed E-state index contributed by atoms with van der Waals surface area (Å²) < 4.78 is 11.4. The molecule has 2 N–H and O–H groups in total. The Morgan fingerprint density at radius 3 is 2.74 bits per heavy atom. The molecule has 19 heavy (non-hydrogen) atoms. The summed E-state index contributed by atoms with van der Waals surface area (Å²) in [4.78, 5) is 2.44. The van der Waals surface area contributed by atoms with Crippen LogP contribution in [0.5, 0.6) is 5.75 Å². The van der Waals surface area contributed by atoms with Gasteiger partial charge in [-0.1, -0.05) is 0 Å². The summed E-state index contributed by atoms with van der Waals surface area (Å²) in [5, 5.41) is 0. The zero-order valence-electron chi connectivity index (χ0n) is 11.9. The maximum atomic E-state index is 5.70. The topological polar surface area (TPSA) is 47.7 Å². The van der Waals surface area contributed by atoms with Gasteiger partial charge in [0.1, 0.15) is 5.75 Å². The van der Waals surface area contributed by atoms with Crippen molar-refractivity contribution >= 4 is 5.69 Å². The minimum Gasteiger partial charge on any atom is -0.494 e. The summed E-state index contributed by atoms with van der Waals surface area (Å²) in [6.07, 6.45) is 1.03. The van der Waals surface area contributed by atoms with E-state index < -0.39 is 0 Å². The number of nitrogens with two attached hydrogens (primary N) is 1. The highest BCUT2D eigenvalue weighted by Gasteiger charge is 2.26. The van der Waals surface area contributed by atoms with E-state index in [4.69, 9.17) is 15.2 Å². The molecule has 1 aliphatic heterocycles. The average molecular weight is 264 g/mol. The summed E-state index contributed by atoms with van der Waals surface area (Å²) in [6.45, 7) is 8.92. The number of nitrogens with zero attached hydrogens (tertiary/aromatic N) is 1. The molecular weight excluding hydrogens is 240 g/mol. The Kier molecular flexibility index (Phi) is 4.66. The van der Waals surface area contributed by atoms with Crippen molar-refractivity contribution in [2.45, 2.75) is 25.9 Å². The lowest BCUT2D eigenvalue weighted by Gasteiger charge is -2.38. The fourth-order valence-electron chi connectivity index (χ4n) is 2.35. The van der Waals surface area contributed by atoms with Crippen molar-refractivity contribution in [3.8, 4) is 5.75 Å². The second-order valence-corrected chi connectivity index (χ2v) is 5.66. The van der Waals surface area contributed by atoms with Crippen molar-refractivity contribution < 1.29 is 9.47 Å². The molecular formula is C15H24N2O2. The molecule has 0 unspecified atom stereocenters. The Labute approximate surface area is 115 Å². The van der Waals surface area contributed by atoms with Gasteiger partial charge in [-0.25, -0.2) is 0 Å². The van der Waals surface area contributed by atoms with Crippen LogP contribution in [0.1, 0.15) is 20.3 Å². The molecule has 1 aromatic carbocycles. The molecule has 1 aromatic rings. The van der Waals surface area contributed by atoms with Crippen molar-refractivity contribution in [2.24, 2.45) is 0 Å². The number of nitrogen functional groups attached to an aromatic ring is 1. The highest BCUT2D eigenvalue weighted by atomic mass is 16.5.